The lowest BCUT2D eigenvalue weighted by Crippen LogP contribution is -2.15. The maximum Gasteiger partial charge on any atom is 0.225 e. The molecule has 0 saturated heterocycles. The van der Waals surface area contributed by atoms with E-state index in [9.17, 15) is 4.79 Å². The summed E-state index contributed by atoms with van der Waals surface area (Å²) in [6.45, 7) is 0. The van der Waals surface area contributed by atoms with Crippen LogP contribution in [0.5, 0.6) is 0 Å². The van der Waals surface area contributed by atoms with Crippen LogP contribution in [0.3, 0.4) is 0 Å². The molecule has 0 saturated carbocycles. The van der Waals surface area contributed by atoms with Crippen LogP contribution in [0, 0.1) is 0 Å². The van der Waals surface area contributed by atoms with Gasteiger partial charge >= 0.3 is 0 Å². The number of nitrogens with two attached hydrogens (primary N) is 1. The topological polar surface area (TPSA) is 80.9 Å². The molecule has 1 heterocycles. The number of aryl methyl sites for hydroxylation is 1. The van der Waals surface area contributed by atoms with Gasteiger partial charge in [0.1, 0.15) is 5.69 Å². The van der Waals surface area contributed by atoms with Crippen LogP contribution in [-0.4, -0.2) is 15.9 Å². The van der Waals surface area contributed by atoms with E-state index in [4.69, 9.17) is 10.7 Å². The Hall–Kier alpha value is -4.25. The molecule has 0 radical (unpaired) electrons. The second kappa shape index (κ2) is 10.2. The number of anilines is 2. The summed E-state index contributed by atoms with van der Waals surface area (Å²) in [5.41, 5.74) is 10.9. The zero-order valence-electron chi connectivity index (χ0n) is 17.6. The number of hydrogen-bond donors (Lipinski definition) is 2. The van der Waals surface area contributed by atoms with Gasteiger partial charge in [0.25, 0.3) is 0 Å². The maximum atomic E-state index is 12.6. The third-order valence-corrected chi connectivity index (χ3v) is 4.98. The minimum atomic E-state index is -0.0993. The van der Waals surface area contributed by atoms with Crippen molar-refractivity contribution in [2.24, 2.45) is 0 Å². The molecule has 4 rings (SSSR count). The number of nitrogens with one attached hydrogen (secondary N) is 1. The fraction of sp³-hybridized carbons (Fsp3) is 0.0741. The molecule has 0 aliphatic carbocycles. The number of hydrogen-bond acceptors (Lipinski definition) is 4. The number of amides is 1. The summed E-state index contributed by atoms with van der Waals surface area (Å²) in [6, 6.07) is 27.3. The van der Waals surface area contributed by atoms with E-state index in [1.54, 1.807) is 6.20 Å². The standard InChI is InChI=1S/C27H24N4O/c28-23-15-13-22(14-16-23)25-19-29-27(24(30-25)17-11-20-7-3-1-4-8-20)31-26(32)18-12-21-9-5-2-6-10-21/h1-11,13-17,19H,12,18,28H2,(H,29,31,32). The van der Waals surface area contributed by atoms with Crippen molar-refractivity contribution in [1.29, 1.82) is 0 Å². The zero-order valence-corrected chi connectivity index (χ0v) is 17.6. The van der Waals surface area contributed by atoms with E-state index in [2.05, 4.69) is 10.3 Å². The van der Waals surface area contributed by atoms with Gasteiger partial charge in [-0.3, -0.25) is 4.79 Å². The molecule has 32 heavy (non-hydrogen) atoms. The molecule has 0 bridgehead atoms. The maximum absolute atomic E-state index is 12.6. The lowest BCUT2D eigenvalue weighted by molar-refractivity contribution is -0.116. The summed E-state index contributed by atoms with van der Waals surface area (Å²) in [5, 5.41) is 2.92. The van der Waals surface area contributed by atoms with Crippen molar-refractivity contribution in [3.63, 3.8) is 0 Å². The SMILES string of the molecule is Nc1ccc(-c2cnc(NC(=O)CCc3ccccc3)c(C=Cc3ccccc3)n2)cc1. The van der Waals surface area contributed by atoms with E-state index in [-0.39, 0.29) is 5.91 Å². The smallest absolute Gasteiger partial charge is 0.225 e. The van der Waals surface area contributed by atoms with Gasteiger partial charge in [0.15, 0.2) is 5.82 Å². The molecular formula is C27H24N4O. The molecule has 0 unspecified atom stereocenters. The van der Waals surface area contributed by atoms with Crippen LogP contribution in [0.15, 0.2) is 91.1 Å². The van der Waals surface area contributed by atoms with Crippen molar-refractivity contribution in [1.82, 2.24) is 9.97 Å². The molecule has 5 nitrogen and oxygen atoms in total. The third kappa shape index (κ3) is 5.67. The minimum Gasteiger partial charge on any atom is -0.399 e. The second-order valence-electron chi connectivity index (χ2n) is 7.39. The minimum absolute atomic E-state index is 0.0993. The van der Waals surface area contributed by atoms with Gasteiger partial charge in [-0.05, 0) is 35.8 Å². The Kier molecular flexibility index (Phi) is 6.68. The predicted molar refractivity (Wildman–Crippen MR) is 131 cm³/mol. The van der Waals surface area contributed by atoms with E-state index < -0.39 is 0 Å². The molecular weight excluding hydrogens is 396 g/mol. The highest BCUT2D eigenvalue weighted by Gasteiger charge is 2.11. The Labute approximate surface area is 187 Å². The van der Waals surface area contributed by atoms with Gasteiger partial charge in [0.2, 0.25) is 5.91 Å². The molecule has 1 aromatic heterocycles. The Balaban J connectivity index is 1.57. The first-order valence-corrected chi connectivity index (χ1v) is 10.5. The van der Waals surface area contributed by atoms with Crippen molar-refractivity contribution >= 4 is 29.6 Å². The molecule has 0 spiro atoms. The summed E-state index contributed by atoms with van der Waals surface area (Å²) < 4.78 is 0. The first-order valence-electron chi connectivity index (χ1n) is 10.5. The third-order valence-electron chi connectivity index (χ3n) is 4.98. The summed E-state index contributed by atoms with van der Waals surface area (Å²) in [7, 11) is 0. The number of nitrogen functional groups attached to an aromatic ring is 1. The molecule has 0 aliphatic heterocycles. The van der Waals surface area contributed by atoms with Crippen LogP contribution in [0.4, 0.5) is 11.5 Å². The average molecular weight is 421 g/mol. The quantitative estimate of drug-likeness (QED) is 0.389. The van der Waals surface area contributed by atoms with Crippen molar-refractivity contribution in [2.45, 2.75) is 12.8 Å². The Bertz CT molecular complexity index is 1200. The van der Waals surface area contributed by atoms with Crippen LogP contribution in [0.1, 0.15) is 23.2 Å². The van der Waals surface area contributed by atoms with E-state index in [0.717, 1.165) is 16.7 Å². The van der Waals surface area contributed by atoms with Gasteiger partial charge in [0, 0.05) is 17.7 Å². The highest BCUT2D eigenvalue weighted by molar-refractivity contribution is 5.92. The Morgan fingerprint density at radius 2 is 1.56 bits per heavy atom. The molecule has 0 aliphatic rings. The van der Waals surface area contributed by atoms with Crippen LogP contribution in [-0.2, 0) is 11.2 Å². The lowest BCUT2D eigenvalue weighted by atomic mass is 10.1. The van der Waals surface area contributed by atoms with Crippen LogP contribution in [0.2, 0.25) is 0 Å². The predicted octanol–water partition coefficient (Wildman–Crippen LogP) is 5.47. The van der Waals surface area contributed by atoms with E-state index in [1.165, 1.54) is 0 Å². The van der Waals surface area contributed by atoms with Crippen LogP contribution < -0.4 is 11.1 Å². The molecule has 3 aromatic carbocycles. The summed E-state index contributed by atoms with van der Waals surface area (Å²) >= 11 is 0. The van der Waals surface area contributed by atoms with Gasteiger partial charge in [-0.2, -0.15) is 0 Å². The highest BCUT2D eigenvalue weighted by Crippen LogP contribution is 2.22. The van der Waals surface area contributed by atoms with Gasteiger partial charge in [-0.25, -0.2) is 9.97 Å². The van der Waals surface area contributed by atoms with E-state index in [1.807, 2.05) is 97.1 Å². The molecule has 5 heteroatoms. The molecule has 0 fully saturated rings. The summed E-state index contributed by atoms with van der Waals surface area (Å²) in [6.07, 6.45) is 6.52. The summed E-state index contributed by atoms with van der Waals surface area (Å²) in [5.74, 6) is 0.340. The fourth-order valence-corrected chi connectivity index (χ4v) is 3.25. The number of aromatic nitrogens is 2. The van der Waals surface area contributed by atoms with Gasteiger partial charge in [-0.15, -0.1) is 0 Å². The number of carbonyl (C=O) groups is 1. The van der Waals surface area contributed by atoms with Crippen molar-refractivity contribution < 1.29 is 4.79 Å². The van der Waals surface area contributed by atoms with Crippen LogP contribution in [0.25, 0.3) is 23.4 Å². The van der Waals surface area contributed by atoms with Gasteiger partial charge in [-0.1, -0.05) is 78.9 Å². The van der Waals surface area contributed by atoms with Gasteiger partial charge in [0.05, 0.1) is 11.9 Å². The summed E-state index contributed by atoms with van der Waals surface area (Å²) in [4.78, 5) is 21.8. The van der Waals surface area contributed by atoms with E-state index in [0.29, 0.717) is 35.7 Å². The monoisotopic (exact) mass is 420 g/mol. The first-order chi connectivity index (χ1) is 15.7. The number of nitrogens with zero attached hydrogens (tertiary/aromatic N) is 2. The molecule has 3 N–H and O–H groups in total. The average Bonchev–Trinajstić information content (AvgIpc) is 2.84. The van der Waals surface area contributed by atoms with Crippen LogP contribution >= 0.6 is 0 Å². The highest BCUT2D eigenvalue weighted by atomic mass is 16.1. The fourth-order valence-electron chi connectivity index (χ4n) is 3.25. The first kappa shape index (κ1) is 21.0. The van der Waals surface area contributed by atoms with Crippen molar-refractivity contribution in [3.05, 3.63) is 108 Å². The normalized spacial score (nSPS) is 10.9. The van der Waals surface area contributed by atoms with Crippen molar-refractivity contribution in [3.8, 4) is 11.3 Å². The zero-order chi connectivity index (χ0) is 22.2. The lowest BCUT2D eigenvalue weighted by Gasteiger charge is -2.10. The number of rotatable bonds is 7. The number of carbonyl (C=O) groups excluding carboxylic acids is 1. The molecule has 1 amide bonds. The largest absolute Gasteiger partial charge is 0.399 e. The molecule has 158 valence electrons. The molecule has 4 aromatic rings. The Morgan fingerprint density at radius 1 is 0.875 bits per heavy atom. The second-order valence-corrected chi connectivity index (χ2v) is 7.39. The van der Waals surface area contributed by atoms with E-state index >= 15 is 0 Å². The van der Waals surface area contributed by atoms with Crippen molar-refractivity contribution in [2.75, 3.05) is 11.1 Å². The molecule has 0 atom stereocenters. The Morgan fingerprint density at radius 3 is 2.28 bits per heavy atom. The van der Waals surface area contributed by atoms with Gasteiger partial charge < -0.3 is 11.1 Å². The number of benzene rings is 3.